The van der Waals surface area contributed by atoms with E-state index >= 15 is 0 Å². The van der Waals surface area contributed by atoms with Crippen molar-refractivity contribution in [2.24, 2.45) is 4.99 Å². The van der Waals surface area contributed by atoms with Crippen molar-refractivity contribution in [3.63, 3.8) is 0 Å². The molecule has 0 radical (unpaired) electrons. The minimum atomic E-state index is 0. The molecule has 0 aromatic carbocycles. The zero-order valence-electron chi connectivity index (χ0n) is 12.6. The first kappa shape index (κ1) is 17.9. The van der Waals surface area contributed by atoms with Gasteiger partial charge in [0.25, 0.3) is 0 Å². The summed E-state index contributed by atoms with van der Waals surface area (Å²) in [6.07, 6.45) is 3.59. The van der Waals surface area contributed by atoms with E-state index in [2.05, 4.69) is 35.4 Å². The van der Waals surface area contributed by atoms with Crippen LogP contribution >= 0.6 is 24.0 Å². The molecule has 1 aliphatic rings. The molecule has 0 unspecified atom stereocenters. The molecule has 0 bridgehead atoms. The van der Waals surface area contributed by atoms with Gasteiger partial charge in [-0.25, -0.2) is 9.97 Å². The maximum absolute atomic E-state index is 4.29. The summed E-state index contributed by atoms with van der Waals surface area (Å²) in [5.74, 6) is 1.67. The molecule has 1 saturated heterocycles. The summed E-state index contributed by atoms with van der Waals surface area (Å²) in [7, 11) is 3.64. The number of anilines is 1. The number of aromatic nitrogens is 2. The third-order valence-corrected chi connectivity index (χ3v) is 3.39. The Hall–Kier alpha value is -1.16. The zero-order chi connectivity index (χ0) is 14.2. The van der Waals surface area contributed by atoms with Crippen LogP contribution in [0, 0.1) is 0 Å². The quantitative estimate of drug-likeness (QED) is 0.418. The summed E-state index contributed by atoms with van der Waals surface area (Å²) in [5, 5.41) is 6.28. The van der Waals surface area contributed by atoms with Gasteiger partial charge in [-0.1, -0.05) is 0 Å². The standard InChI is InChI=1S/C13H23N7.HI/c1-14-12(15-2)16-6-7-19-8-10-20(11-9-19)13-17-4-3-5-18-13;/h3-5H,6-11H2,1-2H3,(H2,14,15,16);1H. The second-order valence-corrected chi connectivity index (χ2v) is 4.63. The summed E-state index contributed by atoms with van der Waals surface area (Å²) in [6.45, 7) is 5.95. The summed E-state index contributed by atoms with van der Waals surface area (Å²) >= 11 is 0. The van der Waals surface area contributed by atoms with Crippen LogP contribution in [0.25, 0.3) is 0 Å². The van der Waals surface area contributed by atoms with E-state index in [0.29, 0.717) is 0 Å². The summed E-state index contributed by atoms with van der Waals surface area (Å²) in [5.41, 5.74) is 0. The second kappa shape index (κ2) is 9.72. The van der Waals surface area contributed by atoms with Gasteiger partial charge in [0, 0.05) is 65.8 Å². The molecule has 0 atom stereocenters. The van der Waals surface area contributed by atoms with Crippen molar-refractivity contribution < 1.29 is 0 Å². The molecular weight excluding hydrogens is 381 g/mol. The molecule has 0 amide bonds. The molecule has 21 heavy (non-hydrogen) atoms. The Morgan fingerprint density at radius 3 is 2.48 bits per heavy atom. The Morgan fingerprint density at radius 2 is 1.90 bits per heavy atom. The molecule has 118 valence electrons. The van der Waals surface area contributed by atoms with Crippen molar-refractivity contribution in [1.82, 2.24) is 25.5 Å². The number of piperazine rings is 1. The maximum atomic E-state index is 4.29. The van der Waals surface area contributed by atoms with Crippen molar-refractivity contribution >= 4 is 35.9 Å². The monoisotopic (exact) mass is 405 g/mol. The van der Waals surface area contributed by atoms with Crippen molar-refractivity contribution in [2.75, 3.05) is 58.3 Å². The highest BCUT2D eigenvalue weighted by atomic mass is 127. The predicted octanol–water partition coefficient (Wildman–Crippen LogP) is 0.0114. The van der Waals surface area contributed by atoms with Crippen LogP contribution in [0.1, 0.15) is 0 Å². The molecule has 0 aliphatic carbocycles. The van der Waals surface area contributed by atoms with Gasteiger partial charge >= 0.3 is 0 Å². The lowest BCUT2D eigenvalue weighted by Gasteiger charge is -2.34. The SMILES string of the molecule is CN=C(NC)NCCN1CCN(c2ncccn2)CC1.I. The average Bonchev–Trinajstić information content (AvgIpc) is 2.53. The number of guanidine groups is 1. The predicted molar refractivity (Wildman–Crippen MR) is 96.5 cm³/mol. The van der Waals surface area contributed by atoms with Gasteiger partial charge in [0.15, 0.2) is 5.96 Å². The normalized spacial score (nSPS) is 16.3. The van der Waals surface area contributed by atoms with E-state index in [1.165, 1.54) is 0 Å². The van der Waals surface area contributed by atoms with Crippen molar-refractivity contribution in [3.05, 3.63) is 18.5 Å². The van der Waals surface area contributed by atoms with Crippen molar-refractivity contribution in [2.45, 2.75) is 0 Å². The fourth-order valence-electron chi connectivity index (χ4n) is 2.24. The number of aliphatic imine (C=N–C) groups is 1. The first-order valence-electron chi connectivity index (χ1n) is 6.96. The van der Waals surface area contributed by atoms with Gasteiger partial charge in [0.2, 0.25) is 5.95 Å². The van der Waals surface area contributed by atoms with Crippen molar-refractivity contribution in [1.29, 1.82) is 0 Å². The number of hydrogen-bond acceptors (Lipinski definition) is 5. The van der Waals surface area contributed by atoms with Gasteiger partial charge < -0.3 is 15.5 Å². The molecule has 1 aromatic rings. The Labute approximate surface area is 143 Å². The molecule has 1 fully saturated rings. The Bertz CT molecular complexity index is 418. The van der Waals surface area contributed by atoms with E-state index in [1.807, 2.05) is 13.1 Å². The lowest BCUT2D eigenvalue weighted by molar-refractivity contribution is 0.260. The lowest BCUT2D eigenvalue weighted by atomic mass is 10.3. The first-order chi connectivity index (χ1) is 9.83. The third-order valence-electron chi connectivity index (χ3n) is 3.39. The van der Waals surface area contributed by atoms with Crippen LogP contribution in [0.5, 0.6) is 0 Å². The Morgan fingerprint density at radius 1 is 1.24 bits per heavy atom. The molecule has 1 aliphatic heterocycles. The van der Waals surface area contributed by atoms with Crippen LogP contribution in [-0.4, -0.2) is 74.2 Å². The Kier molecular flexibility index (Phi) is 8.28. The van der Waals surface area contributed by atoms with Crippen LogP contribution in [0.4, 0.5) is 5.95 Å². The number of nitrogens with one attached hydrogen (secondary N) is 2. The highest BCUT2D eigenvalue weighted by molar-refractivity contribution is 14.0. The zero-order valence-corrected chi connectivity index (χ0v) is 14.9. The van der Waals surface area contributed by atoms with E-state index in [1.54, 1.807) is 19.4 Å². The molecule has 8 heteroatoms. The molecular formula is C13H24IN7. The van der Waals surface area contributed by atoms with Crippen LogP contribution in [0.3, 0.4) is 0 Å². The topological polar surface area (TPSA) is 68.7 Å². The minimum Gasteiger partial charge on any atom is -0.359 e. The summed E-state index contributed by atoms with van der Waals surface area (Å²) in [6, 6.07) is 1.85. The summed E-state index contributed by atoms with van der Waals surface area (Å²) < 4.78 is 0. The van der Waals surface area contributed by atoms with Crippen LogP contribution in [-0.2, 0) is 0 Å². The minimum absolute atomic E-state index is 0. The van der Waals surface area contributed by atoms with E-state index in [0.717, 1.165) is 51.2 Å². The van der Waals surface area contributed by atoms with Gasteiger partial charge in [-0.05, 0) is 6.07 Å². The first-order valence-corrected chi connectivity index (χ1v) is 6.96. The smallest absolute Gasteiger partial charge is 0.225 e. The molecule has 2 N–H and O–H groups in total. The van der Waals surface area contributed by atoms with Gasteiger partial charge in [-0.3, -0.25) is 9.89 Å². The molecule has 0 saturated carbocycles. The third kappa shape index (κ3) is 5.62. The van der Waals surface area contributed by atoms with Crippen molar-refractivity contribution in [3.8, 4) is 0 Å². The van der Waals surface area contributed by atoms with Crippen LogP contribution in [0.2, 0.25) is 0 Å². The van der Waals surface area contributed by atoms with E-state index in [9.17, 15) is 0 Å². The van der Waals surface area contributed by atoms with Gasteiger partial charge in [-0.2, -0.15) is 0 Å². The highest BCUT2D eigenvalue weighted by Gasteiger charge is 2.18. The van der Waals surface area contributed by atoms with Crippen LogP contribution in [0.15, 0.2) is 23.5 Å². The highest BCUT2D eigenvalue weighted by Crippen LogP contribution is 2.08. The number of halogens is 1. The lowest BCUT2D eigenvalue weighted by Crippen LogP contribution is -2.49. The summed E-state index contributed by atoms with van der Waals surface area (Å²) in [4.78, 5) is 17.4. The molecule has 2 rings (SSSR count). The van der Waals surface area contributed by atoms with Gasteiger partial charge in [-0.15, -0.1) is 24.0 Å². The molecule has 0 spiro atoms. The number of nitrogens with zero attached hydrogens (tertiary/aromatic N) is 5. The number of hydrogen-bond donors (Lipinski definition) is 2. The van der Waals surface area contributed by atoms with E-state index < -0.39 is 0 Å². The molecule has 7 nitrogen and oxygen atoms in total. The van der Waals surface area contributed by atoms with Gasteiger partial charge in [0.1, 0.15) is 0 Å². The van der Waals surface area contributed by atoms with Crippen LogP contribution < -0.4 is 15.5 Å². The van der Waals surface area contributed by atoms with E-state index in [-0.39, 0.29) is 24.0 Å². The van der Waals surface area contributed by atoms with Gasteiger partial charge in [0.05, 0.1) is 0 Å². The number of rotatable bonds is 4. The fraction of sp³-hybridized carbons (Fsp3) is 0.615. The molecule has 2 heterocycles. The largest absolute Gasteiger partial charge is 0.359 e. The Balaban J connectivity index is 0.00000220. The second-order valence-electron chi connectivity index (χ2n) is 4.63. The fourth-order valence-corrected chi connectivity index (χ4v) is 2.24. The molecule has 1 aromatic heterocycles. The maximum Gasteiger partial charge on any atom is 0.225 e. The van der Waals surface area contributed by atoms with E-state index in [4.69, 9.17) is 0 Å². The average molecular weight is 405 g/mol.